The monoisotopic (exact) mass is 244 g/mol. The number of aryl methyl sites for hydroxylation is 1. The van der Waals surface area contributed by atoms with Gasteiger partial charge in [0.05, 0.1) is 11.1 Å². The standard InChI is InChI=1S/C10H13BrO2/c1-2-8-3-4-10(9(11)7-8)13-6-5-12/h3-4,7,12H,2,5-6H2,1H3. The van der Waals surface area contributed by atoms with Crippen molar-refractivity contribution in [3.8, 4) is 5.75 Å². The third-order valence-electron chi connectivity index (χ3n) is 1.75. The molecule has 0 aliphatic rings. The van der Waals surface area contributed by atoms with Crippen molar-refractivity contribution in [3.63, 3.8) is 0 Å². The Kier molecular flexibility index (Phi) is 4.25. The molecule has 3 heteroatoms. The van der Waals surface area contributed by atoms with Crippen LogP contribution in [0, 0.1) is 0 Å². The first-order valence-electron chi connectivity index (χ1n) is 4.30. The number of benzene rings is 1. The summed E-state index contributed by atoms with van der Waals surface area (Å²) in [6.07, 6.45) is 1.01. The van der Waals surface area contributed by atoms with Gasteiger partial charge in [-0.1, -0.05) is 13.0 Å². The Morgan fingerprint density at radius 3 is 2.77 bits per heavy atom. The van der Waals surface area contributed by atoms with Crippen LogP contribution in [0.5, 0.6) is 5.75 Å². The molecule has 0 amide bonds. The summed E-state index contributed by atoms with van der Waals surface area (Å²) in [6, 6.07) is 5.97. The van der Waals surface area contributed by atoms with Gasteiger partial charge in [-0.2, -0.15) is 0 Å². The molecule has 0 radical (unpaired) electrons. The van der Waals surface area contributed by atoms with E-state index in [1.165, 1.54) is 5.56 Å². The van der Waals surface area contributed by atoms with Gasteiger partial charge in [0.15, 0.2) is 0 Å². The predicted molar refractivity (Wildman–Crippen MR) is 56.1 cm³/mol. The van der Waals surface area contributed by atoms with Crippen molar-refractivity contribution in [2.24, 2.45) is 0 Å². The van der Waals surface area contributed by atoms with Crippen molar-refractivity contribution in [1.29, 1.82) is 0 Å². The molecule has 1 aromatic rings. The fourth-order valence-corrected chi connectivity index (χ4v) is 1.58. The highest BCUT2D eigenvalue weighted by Gasteiger charge is 2.00. The van der Waals surface area contributed by atoms with Gasteiger partial charge in [0.1, 0.15) is 12.4 Å². The highest BCUT2D eigenvalue weighted by molar-refractivity contribution is 9.10. The van der Waals surface area contributed by atoms with E-state index in [0.717, 1.165) is 16.6 Å². The molecule has 1 rings (SSSR count). The summed E-state index contributed by atoms with van der Waals surface area (Å²) in [6.45, 7) is 2.49. The molecule has 2 nitrogen and oxygen atoms in total. The Labute approximate surface area is 86.7 Å². The van der Waals surface area contributed by atoms with Crippen LogP contribution in [-0.4, -0.2) is 18.3 Å². The van der Waals surface area contributed by atoms with Crippen LogP contribution in [0.25, 0.3) is 0 Å². The van der Waals surface area contributed by atoms with Crippen molar-refractivity contribution in [2.45, 2.75) is 13.3 Å². The average Bonchev–Trinajstić information content (AvgIpc) is 2.16. The molecule has 0 spiro atoms. The van der Waals surface area contributed by atoms with Gasteiger partial charge in [0.2, 0.25) is 0 Å². The minimum absolute atomic E-state index is 0.0436. The number of hydrogen-bond acceptors (Lipinski definition) is 2. The third kappa shape index (κ3) is 3.01. The van der Waals surface area contributed by atoms with Crippen LogP contribution in [0.1, 0.15) is 12.5 Å². The minimum Gasteiger partial charge on any atom is -0.490 e. The number of halogens is 1. The Balaban J connectivity index is 2.73. The zero-order chi connectivity index (χ0) is 9.68. The molecule has 72 valence electrons. The Bertz CT molecular complexity index is 274. The first-order valence-corrected chi connectivity index (χ1v) is 5.09. The first kappa shape index (κ1) is 10.5. The molecule has 0 aliphatic heterocycles. The van der Waals surface area contributed by atoms with Crippen LogP contribution < -0.4 is 4.74 Å². The second kappa shape index (κ2) is 5.25. The summed E-state index contributed by atoms with van der Waals surface area (Å²) in [5.41, 5.74) is 1.27. The fourth-order valence-electron chi connectivity index (χ4n) is 1.04. The van der Waals surface area contributed by atoms with E-state index < -0.39 is 0 Å². The molecule has 0 aliphatic carbocycles. The van der Waals surface area contributed by atoms with E-state index in [1.807, 2.05) is 18.2 Å². The maximum Gasteiger partial charge on any atom is 0.133 e. The number of aliphatic hydroxyl groups is 1. The zero-order valence-corrected chi connectivity index (χ0v) is 9.17. The molecule has 0 saturated heterocycles. The summed E-state index contributed by atoms with van der Waals surface area (Å²) in [4.78, 5) is 0. The molecule has 0 unspecified atom stereocenters. The first-order chi connectivity index (χ1) is 6.27. The topological polar surface area (TPSA) is 29.5 Å². The van der Waals surface area contributed by atoms with E-state index >= 15 is 0 Å². The summed E-state index contributed by atoms with van der Waals surface area (Å²) in [5, 5.41) is 8.58. The lowest BCUT2D eigenvalue weighted by atomic mass is 10.2. The predicted octanol–water partition coefficient (Wildman–Crippen LogP) is 2.38. The number of ether oxygens (including phenoxy) is 1. The van der Waals surface area contributed by atoms with Crippen molar-refractivity contribution < 1.29 is 9.84 Å². The van der Waals surface area contributed by atoms with Gasteiger partial charge in [0, 0.05) is 0 Å². The fraction of sp³-hybridized carbons (Fsp3) is 0.400. The summed E-state index contributed by atoms with van der Waals surface area (Å²) >= 11 is 3.41. The summed E-state index contributed by atoms with van der Waals surface area (Å²) in [7, 11) is 0. The lowest BCUT2D eigenvalue weighted by molar-refractivity contribution is 0.200. The molecule has 0 fully saturated rings. The van der Waals surface area contributed by atoms with Crippen molar-refractivity contribution in [3.05, 3.63) is 28.2 Å². The number of hydrogen-bond donors (Lipinski definition) is 1. The molecular weight excluding hydrogens is 232 g/mol. The van der Waals surface area contributed by atoms with Crippen molar-refractivity contribution in [1.82, 2.24) is 0 Å². The van der Waals surface area contributed by atoms with E-state index in [2.05, 4.69) is 22.9 Å². The molecule has 13 heavy (non-hydrogen) atoms. The maximum atomic E-state index is 8.58. The molecular formula is C10H13BrO2. The van der Waals surface area contributed by atoms with Crippen LogP contribution in [0.3, 0.4) is 0 Å². The molecule has 1 aromatic carbocycles. The number of aliphatic hydroxyl groups excluding tert-OH is 1. The van der Waals surface area contributed by atoms with Gasteiger partial charge < -0.3 is 9.84 Å². The lowest BCUT2D eigenvalue weighted by Crippen LogP contribution is -2.02. The third-order valence-corrected chi connectivity index (χ3v) is 2.37. The molecule has 0 saturated carbocycles. The van der Waals surface area contributed by atoms with E-state index in [4.69, 9.17) is 9.84 Å². The molecule has 0 heterocycles. The van der Waals surface area contributed by atoms with E-state index in [1.54, 1.807) is 0 Å². The maximum absolute atomic E-state index is 8.58. The minimum atomic E-state index is 0.0436. The summed E-state index contributed by atoms with van der Waals surface area (Å²) < 4.78 is 6.23. The van der Waals surface area contributed by atoms with Gasteiger partial charge in [0.25, 0.3) is 0 Å². The zero-order valence-electron chi connectivity index (χ0n) is 7.59. The Morgan fingerprint density at radius 1 is 1.46 bits per heavy atom. The van der Waals surface area contributed by atoms with Gasteiger partial charge >= 0.3 is 0 Å². The molecule has 0 bridgehead atoms. The average molecular weight is 245 g/mol. The van der Waals surface area contributed by atoms with Crippen LogP contribution in [0.4, 0.5) is 0 Å². The van der Waals surface area contributed by atoms with Gasteiger partial charge in [-0.15, -0.1) is 0 Å². The quantitative estimate of drug-likeness (QED) is 0.882. The van der Waals surface area contributed by atoms with Crippen LogP contribution >= 0.6 is 15.9 Å². The van der Waals surface area contributed by atoms with Gasteiger partial charge in [-0.05, 0) is 40.0 Å². The highest BCUT2D eigenvalue weighted by atomic mass is 79.9. The van der Waals surface area contributed by atoms with Gasteiger partial charge in [-0.3, -0.25) is 0 Å². The van der Waals surface area contributed by atoms with E-state index in [9.17, 15) is 0 Å². The highest BCUT2D eigenvalue weighted by Crippen LogP contribution is 2.25. The summed E-state index contributed by atoms with van der Waals surface area (Å²) in [5.74, 6) is 0.784. The smallest absolute Gasteiger partial charge is 0.133 e. The van der Waals surface area contributed by atoms with Crippen molar-refractivity contribution in [2.75, 3.05) is 13.2 Å². The van der Waals surface area contributed by atoms with Crippen LogP contribution in [0.2, 0.25) is 0 Å². The van der Waals surface area contributed by atoms with Crippen LogP contribution in [-0.2, 0) is 6.42 Å². The Hall–Kier alpha value is -0.540. The normalized spacial score (nSPS) is 10.1. The second-order valence-corrected chi connectivity index (χ2v) is 3.54. The second-order valence-electron chi connectivity index (χ2n) is 2.69. The van der Waals surface area contributed by atoms with Crippen LogP contribution in [0.15, 0.2) is 22.7 Å². The van der Waals surface area contributed by atoms with E-state index in [0.29, 0.717) is 6.61 Å². The molecule has 1 N–H and O–H groups in total. The molecule has 0 atom stereocenters. The van der Waals surface area contributed by atoms with Crippen molar-refractivity contribution >= 4 is 15.9 Å². The number of rotatable bonds is 4. The van der Waals surface area contributed by atoms with Gasteiger partial charge in [-0.25, -0.2) is 0 Å². The SMILES string of the molecule is CCc1ccc(OCCO)c(Br)c1. The molecule has 0 aromatic heterocycles. The largest absolute Gasteiger partial charge is 0.490 e. The lowest BCUT2D eigenvalue weighted by Gasteiger charge is -2.07. The van der Waals surface area contributed by atoms with E-state index in [-0.39, 0.29) is 6.61 Å². The Morgan fingerprint density at radius 2 is 2.23 bits per heavy atom.